The van der Waals surface area contributed by atoms with E-state index in [1.54, 1.807) is 0 Å². The predicted molar refractivity (Wildman–Crippen MR) is 113 cm³/mol. The Bertz CT molecular complexity index is 742. The molecule has 1 fully saturated rings. The van der Waals surface area contributed by atoms with Gasteiger partial charge in [-0.3, -0.25) is 0 Å². The lowest BCUT2D eigenvalue weighted by Crippen LogP contribution is -2.36. The van der Waals surface area contributed by atoms with E-state index in [9.17, 15) is 0 Å². The Morgan fingerprint density at radius 1 is 1.07 bits per heavy atom. The summed E-state index contributed by atoms with van der Waals surface area (Å²) in [7, 11) is 0. The molecule has 0 bridgehead atoms. The van der Waals surface area contributed by atoms with Crippen LogP contribution in [0.15, 0.2) is 53.5 Å². The number of nitrogens with one attached hydrogen (secondary N) is 2. The van der Waals surface area contributed by atoms with E-state index >= 15 is 0 Å². The number of ether oxygens (including phenoxy) is 1. The molecule has 0 aliphatic carbocycles. The number of morpholine rings is 1. The van der Waals surface area contributed by atoms with Crippen molar-refractivity contribution in [2.24, 2.45) is 4.99 Å². The third kappa shape index (κ3) is 5.88. The normalized spacial score (nSPS) is 14.9. The zero-order valence-corrected chi connectivity index (χ0v) is 16.5. The highest BCUT2D eigenvalue weighted by atomic mass is 35.5. The molecule has 0 amide bonds. The Morgan fingerprint density at radius 2 is 1.81 bits per heavy atom. The van der Waals surface area contributed by atoms with E-state index in [-0.39, 0.29) is 0 Å². The number of rotatable bonds is 6. The smallest absolute Gasteiger partial charge is 0.191 e. The van der Waals surface area contributed by atoms with Crippen molar-refractivity contribution in [2.75, 3.05) is 37.7 Å². The van der Waals surface area contributed by atoms with Crippen LogP contribution in [0.2, 0.25) is 5.02 Å². The fraction of sp³-hybridized carbons (Fsp3) is 0.381. The van der Waals surface area contributed by atoms with Crippen molar-refractivity contribution in [3.05, 3.63) is 64.7 Å². The molecular weight excluding hydrogens is 360 g/mol. The second kappa shape index (κ2) is 10.2. The summed E-state index contributed by atoms with van der Waals surface area (Å²) in [4.78, 5) is 7.04. The summed E-state index contributed by atoms with van der Waals surface area (Å²) < 4.78 is 5.41. The van der Waals surface area contributed by atoms with E-state index in [1.165, 1.54) is 11.3 Å². The number of halogens is 1. The minimum atomic E-state index is 0.626. The van der Waals surface area contributed by atoms with E-state index in [2.05, 4.69) is 51.7 Å². The van der Waals surface area contributed by atoms with Gasteiger partial charge in [0.25, 0.3) is 0 Å². The van der Waals surface area contributed by atoms with Crippen LogP contribution in [-0.4, -0.2) is 38.8 Å². The van der Waals surface area contributed by atoms with Gasteiger partial charge in [-0.15, -0.1) is 0 Å². The molecule has 2 N–H and O–H groups in total. The van der Waals surface area contributed by atoms with Crippen LogP contribution in [0.1, 0.15) is 18.1 Å². The van der Waals surface area contributed by atoms with Crippen LogP contribution in [0, 0.1) is 0 Å². The molecule has 1 saturated heterocycles. The predicted octanol–water partition coefficient (Wildman–Crippen LogP) is 3.43. The molecule has 1 aliphatic rings. The summed E-state index contributed by atoms with van der Waals surface area (Å²) in [6.07, 6.45) is 0. The lowest BCUT2D eigenvalue weighted by Gasteiger charge is -2.28. The number of aliphatic imine (C=N–C) groups is 1. The van der Waals surface area contributed by atoms with Crippen LogP contribution in [0.3, 0.4) is 0 Å². The second-order valence-electron chi connectivity index (χ2n) is 6.41. The van der Waals surface area contributed by atoms with Crippen molar-refractivity contribution in [1.29, 1.82) is 0 Å². The van der Waals surface area contributed by atoms with Gasteiger partial charge in [-0.25, -0.2) is 4.99 Å². The van der Waals surface area contributed by atoms with E-state index in [0.717, 1.165) is 49.4 Å². The summed E-state index contributed by atoms with van der Waals surface area (Å²) in [5.74, 6) is 0.787. The van der Waals surface area contributed by atoms with Gasteiger partial charge in [-0.05, 0) is 36.2 Å². The van der Waals surface area contributed by atoms with Crippen LogP contribution >= 0.6 is 11.6 Å². The van der Waals surface area contributed by atoms with Crippen molar-refractivity contribution in [1.82, 2.24) is 10.6 Å². The van der Waals surface area contributed by atoms with Crippen molar-refractivity contribution in [3.8, 4) is 0 Å². The molecule has 0 aromatic heterocycles. The average Bonchev–Trinajstić information content (AvgIpc) is 2.72. The van der Waals surface area contributed by atoms with Crippen molar-refractivity contribution in [2.45, 2.75) is 20.0 Å². The van der Waals surface area contributed by atoms with Gasteiger partial charge in [0.1, 0.15) is 0 Å². The maximum atomic E-state index is 6.22. The molecule has 2 aromatic rings. The Hall–Kier alpha value is -2.24. The van der Waals surface area contributed by atoms with Crippen LogP contribution in [0.5, 0.6) is 0 Å². The van der Waals surface area contributed by atoms with Crippen LogP contribution < -0.4 is 15.5 Å². The number of nitrogens with zero attached hydrogens (tertiary/aromatic N) is 2. The Labute approximate surface area is 166 Å². The standard InChI is InChI=1S/C21H27ClN4O/c1-2-23-21(25-16-18-5-3-4-6-20(18)22)24-15-17-7-9-19(10-8-17)26-11-13-27-14-12-26/h3-10H,2,11-16H2,1H3,(H2,23,24,25). The first-order chi connectivity index (χ1) is 13.3. The maximum Gasteiger partial charge on any atom is 0.191 e. The average molecular weight is 387 g/mol. The maximum absolute atomic E-state index is 6.22. The van der Waals surface area contributed by atoms with Crippen molar-refractivity contribution < 1.29 is 4.74 Å². The monoisotopic (exact) mass is 386 g/mol. The summed E-state index contributed by atoms with van der Waals surface area (Å²) in [6, 6.07) is 16.5. The summed E-state index contributed by atoms with van der Waals surface area (Å²) in [5.41, 5.74) is 3.48. The Balaban J connectivity index is 1.58. The van der Waals surface area contributed by atoms with Crippen molar-refractivity contribution in [3.63, 3.8) is 0 Å². The molecule has 0 unspecified atom stereocenters. The zero-order valence-electron chi connectivity index (χ0n) is 15.7. The van der Waals surface area contributed by atoms with Gasteiger partial charge in [0.2, 0.25) is 0 Å². The van der Waals surface area contributed by atoms with Crippen LogP contribution in [0.4, 0.5) is 5.69 Å². The summed E-state index contributed by atoms with van der Waals surface area (Å²) >= 11 is 6.22. The third-order valence-corrected chi connectivity index (χ3v) is 4.85. The molecule has 0 atom stereocenters. The minimum Gasteiger partial charge on any atom is -0.378 e. The van der Waals surface area contributed by atoms with Gasteiger partial charge in [-0.1, -0.05) is 41.9 Å². The summed E-state index contributed by atoms with van der Waals surface area (Å²) in [6.45, 7) is 7.64. The van der Waals surface area contributed by atoms with E-state index < -0.39 is 0 Å². The Morgan fingerprint density at radius 3 is 2.52 bits per heavy atom. The largest absolute Gasteiger partial charge is 0.378 e. The second-order valence-corrected chi connectivity index (χ2v) is 6.81. The lowest BCUT2D eigenvalue weighted by molar-refractivity contribution is 0.122. The van der Waals surface area contributed by atoms with Gasteiger partial charge in [0.05, 0.1) is 19.8 Å². The molecule has 0 saturated carbocycles. The van der Waals surface area contributed by atoms with Gasteiger partial charge in [-0.2, -0.15) is 0 Å². The molecule has 1 aliphatic heterocycles. The van der Waals surface area contributed by atoms with Gasteiger partial charge < -0.3 is 20.3 Å². The SMILES string of the molecule is CCNC(=NCc1ccc(N2CCOCC2)cc1)NCc1ccccc1Cl. The highest BCUT2D eigenvalue weighted by molar-refractivity contribution is 6.31. The number of guanidine groups is 1. The van der Waals surface area contributed by atoms with E-state index in [4.69, 9.17) is 16.3 Å². The molecular formula is C21H27ClN4O. The van der Waals surface area contributed by atoms with E-state index in [0.29, 0.717) is 13.1 Å². The zero-order chi connectivity index (χ0) is 18.9. The van der Waals surface area contributed by atoms with E-state index in [1.807, 2.05) is 24.3 Å². The number of anilines is 1. The number of benzene rings is 2. The lowest BCUT2D eigenvalue weighted by atomic mass is 10.2. The fourth-order valence-electron chi connectivity index (χ4n) is 2.97. The molecule has 27 heavy (non-hydrogen) atoms. The van der Waals surface area contributed by atoms with Crippen LogP contribution in [0.25, 0.3) is 0 Å². The topological polar surface area (TPSA) is 48.9 Å². The molecule has 0 radical (unpaired) electrons. The molecule has 6 heteroatoms. The van der Waals surface area contributed by atoms with Gasteiger partial charge >= 0.3 is 0 Å². The fourth-order valence-corrected chi connectivity index (χ4v) is 3.17. The molecule has 144 valence electrons. The minimum absolute atomic E-state index is 0.626. The first kappa shape index (κ1) is 19.5. The molecule has 5 nitrogen and oxygen atoms in total. The highest BCUT2D eigenvalue weighted by Crippen LogP contribution is 2.17. The van der Waals surface area contributed by atoms with Crippen molar-refractivity contribution >= 4 is 23.2 Å². The quantitative estimate of drug-likeness (QED) is 0.590. The van der Waals surface area contributed by atoms with Gasteiger partial charge in [0, 0.05) is 36.9 Å². The number of hydrogen-bond acceptors (Lipinski definition) is 3. The molecule has 2 aromatic carbocycles. The first-order valence-electron chi connectivity index (χ1n) is 9.43. The van der Waals surface area contributed by atoms with Gasteiger partial charge in [0.15, 0.2) is 5.96 Å². The Kier molecular flexibility index (Phi) is 7.36. The van der Waals surface area contributed by atoms with Crippen LogP contribution in [-0.2, 0) is 17.8 Å². The summed E-state index contributed by atoms with van der Waals surface area (Å²) in [5, 5.41) is 7.39. The molecule has 1 heterocycles. The highest BCUT2D eigenvalue weighted by Gasteiger charge is 2.10. The third-order valence-electron chi connectivity index (χ3n) is 4.48. The molecule has 0 spiro atoms. The number of hydrogen-bond donors (Lipinski definition) is 2. The first-order valence-corrected chi connectivity index (χ1v) is 9.81. The molecule has 3 rings (SSSR count).